The van der Waals surface area contributed by atoms with Crippen LogP contribution in [0.1, 0.15) is 24.1 Å². The van der Waals surface area contributed by atoms with Gasteiger partial charge in [0.1, 0.15) is 22.8 Å². The van der Waals surface area contributed by atoms with Crippen molar-refractivity contribution in [1.82, 2.24) is 15.0 Å². The van der Waals surface area contributed by atoms with Crippen LogP contribution in [0.15, 0.2) is 36.1 Å². The van der Waals surface area contributed by atoms with E-state index in [0.29, 0.717) is 11.5 Å². The Balaban J connectivity index is 1.54. The molecule has 0 fully saturated rings. The van der Waals surface area contributed by atoms with Crippen LogP contribution in [-0.4, -0.2) is 21.0 Å². The van der Waals surface area contributed by atoms with Crippen molar-refractivity contribution in [2.75, 3.05) is 5.32 Å². The molecule has 1 atom stereocenters. The lowest BCUT2D eigenvalue weighted by Gasteiger charge is -2.16. The summed E-state index contributed by atoms with van der Waals surface area (Å²) in [5.41, 5.74) is 10.1. The Labute approximate surface area is 162 Å². The highest BCUT2D eigenvalue weighted by Gasteiger charge is 2.17. The van der Waals surface area contributed by atoms with Gasteiger partial charge in [-0.3, -0.25) is 0 Å². The van der Waals surface area contributed by atoms with Gasteiger partial charge in [-0.25, -0.2) is 19.3 Å². The first-order valence-electron chi connectivity index (χ1n) is 8.66. The van der Waals surface area contributed by atoms with Crippen LogP contribution in [0.2, 0.25) is 0 Å². The number of thiophene rings is 1. The van der Waals surface area contributed by atoms with E-state index in [1.807, 2.05) is 0 Å². The topological polar surface area (TPSA) is 76.7 Å². The quantitative estimate of drug-likeness (QED) is 0.504. The molecule has 0 saturated carbocycles. The Morgan fingerprint density at radius 3 is 2.96 bits per heavy atom. The highest BCUT2D eigenvalue weighted by molar-refractivity contribution is 7.19. The summed E-state index contributed by atoms with van der Waals surface area (Å²) in [5, 5.41) is 4.02. The molecule has 1 aliphatic rings. The van der Waals surface area contributed by atoms with Crippen molar-refractivity contribution >= 4 is 60.2 Å². The fourth-order valence-electron chi connectivity index (χ4n) is 3.29. The second-order valence-corrected chi connectivity index (χ2v) is 8.51. The van der Waals surface area contributed by atoms with Crippen LogP contribution in [0, 0.1) is 5.82 Å². The summed E-state index contributed by atoms with van der Waals surface area (Å²) >= 11 is 3.05. The molecule has 1 aliphatic carbocycles. The van der Waals surface area contributed by atoms with E-state index in [-0.39, 0.29) is 11.9 Å². The maximum absolute atomic E-state index is 14.5. The number of aromatic nitrogens is 3. The molecule has 1 aromatic carbocycles. The summed E-state index contributed by atoms with van der Waals surface area (Å²) in [6, 6.07) is 5.56. The number of hydrogen-bond acceptors (Lipinski definition) is 7. The Morgan fingerprint density at radius 1 is 1.19 bits per heavy atom. The van der Waals surface area contributed by atoms with Crippen LogP contribution in [-0.2, 0) is 0 Å². The second kappa shape index (κ2) is 6.63. The minimum atomic E-state index is -0.321. The molecule has 3 aromatic heterocycles. The van der Waals surface area contributed by atoms with Gasteiger partial charge >= 0.3 is 0 Å². The molecule has 4 aromatic rings. The van der Waals surface area contributed by atoms with Crippen molar-refractivity contribution in [3.05, 3.63) is 46.8 Å². The molecule has 5 nitrogen and oxygen atoms in total. The van der Waals surface area contributed by atoms with Gasteiger partial charge in [-0.15, -0.1) is 22.7 Å². The summed E-state index contributed by atoms with van der Waals surface area (Å²) in [7, 11) is 0. The zero-order valence-electron chi connectivity index (χ0n) is 14.3. The number of fused-ring (bicyclic) bond motifs is 2. The lowest BCUT2D eigenvalue weighted by Crippen LogP contribution is -2.21. The van der Waals surface area contributed by atoms with Crippen molar-refractivity contribution in [2.24, 2.45) is 5.73 Å². The zero-order valence-corrected chi connectivity index (χ0v) is 15.9. The molecule has 1 unspecified atom stereocenters. The minimum Gasteiger partial charge on any atom is -0.337 e. The van der Waals surface area contributed by atoms with E-state index < -0.39 is 0 Å². The van der Waals surface area contributed by atoms with E-state index >= 15 is 0 Å². The molecule has 3 heterocycles. The fourth-order valence-corrected chi connectivity index (χ4v) is 5.04. The van der Waals surface area contributed by atoms with Crippen molar-refractivity contribution in [3.8, 4) is 0 Å². The van der Waals surface area contributed by atoms with E-state index in [2.05, 4.69) is 32.4 Å². The van der Waals surface area contributed by atoms with Gasteiger partial charge in [0.25, 0.3) is 0 Å². The number of rotatable bonds is 3. The van der Waals surface area contributed by atoms with Gasteiger partial charge in [0.15, 0.2) is 0 Å². The molecule has 0 spiro atoms. The van der Waals surface area contributed by atoms with Gasteiger partial charge in [0, 0.05) is 10.9 Å². The average Bonchev–Trinajstić information content (AvgIpc) is 3.29. The van der Waals surface area contributed by atoms with Crippen molar-refractivity contribution < 1.29 is 4.39 Å². The van der Waals surface area contributed by atoms with E-state index in [0.717, 1.165) is 39.7 Å². The Kier molecular flexibility index (Phi) is 4.11. The van der Waals surface area contributed by atoms with E-state index in [4.69, 9.17) is 5.73 Å². The van der Waals surface area contributed by atoms with Gasteiger partial charge in [0.2, 0.25) is 0 Å². The summed E-state index contributed by atoms with van der Waals surface area (Å²) < 4.78 is 15.3. The number of benzene rings is 1. The predicted octanol–water partition coefficient (Wildman–Crippen LogP) is 5.08. The molecular formula is C19H16FN5S2. The fraction of sp³-hybridized carbons (Fsp3) is 0.211. The van der Waals surface area contributed by atoms with Crippen LogP contribution < -0.4 is 11.1 Å². The maximum atomic E-state index is 14.5. The zero-order chi connectivity index (χ0) is 18.4. The van der Waals surface area contributed by atoms with E-state index in [9.17, 15) is 4.39 Å². The standard InChI is InChI=1S/C19H16FN5S2/c20-13-6-17-15(24-9-26-17)7-14(13)25-18-12-5-16(27-19(12)23-8-22-18)10-1-3-11(21)4-2-10/h1,5-9,11H,2-4,21H2,(H,22,23,25). The summed E-state index contributed by atoms with van der Waals surface area (Å²) in [5.74, 6) is 0.280. The van der Waals surface area contributed by atoms with Gasteiger partial charge in [-0.1, -0.05) is 6.08 Å². The van der Waals surface area contributed by atoms with Crippen molar-refractivity contribution in [3.63, 3.8) is 0 Å². The number of thiazole rings is 1. The third kappa shape index (κ3) is 3.09. The van der Waals surface area contributed by atoms with Crippen LogP contribution in [0.5, 0.6) is 0 Å². The Morgan fingerprint density at radius 2 is 2.11 bits per heavy atom. The van der Waals surface area contributed by atoms with Crippen LogP contribution >= 0.6 is 22.7 Å². The summed E-state index contributed by atoms with van der Waals surface area (Å²) in [4.78, 5) is 15.0. The molecular weight excluding hydrogens is 381 g/mol. The monoisotopic (exact) mass is 397 g/mol. The Bertz CT molecular complexity index is 1180. The van der Waals surface area contributed by atoms with Gasteiger partial charge < -0.3 is 11.1 Å². The Hall–Kier alpha value is -2.42. The third-order valence-corrected chi connectivity index (χ3v) is 6.68. The average molecular weight is 398 g/mol. The van der Waals surface area contributed by atoms with Gasteiger partial charge in [-0.2, -0.15) is 0 Å². The first-order valence-corrected chi connectivity index (χ1v) is 10.4. The van der Waals surface area contributed by atoms with Crippen LogP contribution in [0.4, 0.5) is 15.9 Å². The first kappa shape index (κ1) is 16.7. The van der Waals surface area contributed by atoms with Crippen LogP contribution in [0.3, 0.4) is 0 Å². The molecule has 0 aliphatic heterocycles. The smallest absolute Gasteiger partial charge is 0.148 e. The predicted molar refractivity (Wildman–Crippen MR) is 110 cm³/mol. The molecule has 27 heavy (non-hydrogen) atoms. The van der Waals surface area contributed by atoms with Crippen LogP contribution in [0.25, 0.3) is 26.0 Å². The summed E-state index contributed by atoms with van der Waals surface area (Å²) in [6.45, 7) is 0. The highest BCUT2D eigenvalue weighted by atomic mass is 32.1. The number of hydrogen-bond donors (Lipinski definition) is 2. The second-order valence-electron chi connectivity index (χ2n) is 6.59. The largest absolute Gasteiger partial charge is 0.337 e. The van der Waals surface area contributed by atoms with Crippen molar-refractivity contribution in [2.45, 2.75) is 25.3 Å². The SMILES string of the molecule is NC1CC=C(c2cc3c(Nc4cc5ncsc5cc4F)ncnc3s2)CC1. The number of nitrogens with zero attached hydrogens (tertiary/aromatic N) is 3. The summed E-state index contributed by atoms with van der Waals surface area (Å²) in [6.07, 6.45) is 6.60. The van der Waals surface area contributed by atoms with Gasteiger partial charge in [0.05, 0.1) is 26.8 Å². The lowest BCUT2D eigenvalue weighted by molar-refractivity contribution is 0.615. The van der Waals surface area contributed by atoms with Gasteiger partial charge in [-0.05, 0) is 43.0 Å². The number of nitrogens with two attached hydrogens (primary N) is 1. The molecule has 0 saturated heterocycles. The number of anilines is 2. The molecule has 136 valence electrons. The minimum absolute atomic E-state index is 0.253. The third-order valence-electron chi connectivity index (χ3n) is 4.77. The first-order chi connectivity index (χ1) is 13.2. The molecule has 0 radical (unpaired) electrons. The number of allylic oxidation sites excluding steroid dienone is 1. The molecule has 8 heteroatoms. The highest BCUT2D eigenvalue weighted by Crippen LogP contribution is 2.37. The molecule has 0 amide bonds. The lowest BCUT2D eigenvalue weighted by atomic mass is 9.95. The van der Waals surface area contributed by atoms with Crippen molar-refractivity contribution in [1.29, 1.82) is 0 Å². The number of nitrogens with one attached hydrogen (secondary N) is 1. The maximum Gasteiger partial charge on any atom is 0.148 e. The molecule has 5 rings (SSSR count). The molecule has 3 N–H and O–H groups in total. The van der Waals surface area contributed by atoms with E-state index in [1.165, 1.54) is 34.2 Å². The van der Waals surface area contributed by atoms with E-state index in [1.54, 1.807) is 22.9 Å². The number of halogens is 1. The normalized spacial score (nSPS) is 17.4. The molecule has 0 bridgehead atoms.